The lowest BCUT2D eigenvalue weighted by Gasteiger charge is -1.98. The summed E-state index contributed by atoms with van der Waals surface area (Å²) in [5.74, 6) is -0.156. The van der Waals surface area contributed by atoms with Gasteiger partial charge >= 0.3 is 0 Å². The maximum Gasteiger partial charge on any atom is 0.246 e. The van der Waals surface area contributed by atoms with E-state index < -0.39 is 0 Å². The van der Waals surface area contributed by atoms with E-state index in [0.29, 0.717) is 0 Å². The summed E-state index contributed by atoms with van der Waals surface area (Å²) < 4.78 is 0. The van der Waals surface area contributed by atoms with Gasteiger partial charge in [0.25, 0.3) is 0 Å². The Morgan fingerprint density at radius 2 is 2.15 bits per heavy atom. The number of carbonyl (C=O) groups excluding carboxylic acids is 1. The molecule has 0 saturated heterocycles. The van der Waals surface area contributed by atoms with Crippen LogP contribution in [0.4, 0.5) is 0 Å². The molecule has 1 heterocycles. The number of nitrogens with one attached hydrogen (secondary N) is 1. The van der Waals surface area contributed by atoms with Gasteiger partial charge in [-0.2, -0.15) is 5.10 Å². The number of carbonyl (C=O) groups is 1. The molecule has 1 N–H and O–H groups in total. The minimum atomic E-state index is -0.156. The van der Waals surface area contributed by atoms with E-state index in [1.54, 1.807) is 17.6 Å². The highest BCUT2D eigenvalue weighted by atomic mass is 32.1. The van der Waals surface area contributed by atoms with Crippen molar-refractivity contribution in [1.82, 2.24) is 10.4 Å². The zero-order valence-electron chi connectivity index (χ0n) is 11.6. The summed E-state index contributed by atoms with van der Waals surface area (Å²) in [5.41, 5.74) is 5.54. The molecule has 0 fully saturated rings. The summed E-state index contributed by atoms with van der Waals surface area (Å²) in [7, 11) is 0. The molecular weight excluding hydrogens is 270 g/mol. The van der Waals surface area contributed by atoms with Crippen LogP contribution in [-0.4, -0.2) is 17.1 Å². The zero-order valence-corrected chi connectivity index (χ0v) is 12.4. The minimum Gasteiger partial charge on any atom is -0.273 e. The third-order valence-electron chi connectivity index (χ3n) is 2.80. The van der Waals surface area contributed by atoms with Crippen LogP contribution in [0, 0.1) is 6.92 Å². The Labute approximate surface area is 122 Å². The van der Waals surface area contributed by atoms with Crippen LogP contribution >= 0.6 is 11.3 Å². The Morgan fingerprint density at radius 3 is 2.75 bits per heavy atom. The van der Waals surface area contributed by atoms with E-state index in [-0.39, 0.29) is 12.3 Å². The molecule has 0 atom stereocenters. The second-order valence-corrected chi connectivity index (χ2v) is 5.49. The Balaban J connectivity index is 1.84. The molecule has 0 radical (unpaired) electrons. The predicted octanol–water partition coefficient (Wildman–Crippen LogP) is 2.71. The Kier molecular flexibility index (Phi) is 5.01. The molecule has 0 aliphatic rings. The Morgan fingerprint density at radius 1 is 1.40 bits per heavy atom. The minimum absolute atomic E-state index is 0.156. The molecule has 0 aliphatic heterocycles. The highest BCUT2D eigenvalue weighted by molar-refractivity contribution is 7.09. The third kappa shape index (κ3) is 4.28. The Hall–Kier alpha value is -2.01. The van der Waals surface area contributed by atoms with Gasteiger partial charge < -0.3 is 0 Å². The van der Waals surface area contributed by atoms with E-state index >= 15 is 0 Å². The fraction of sp³-hybridized carbons (Fsp3) is 0.267. The number of aryl methyl sites for hydroxylation is 2. The van der Waals surface area contributed by atoms with Crippen molar-refractivity contribution in [2.45, 2.75) is 26.7 Å². The van der Waals surface area contributed by atoms with E-state index in [1.165, 1.54) is 5.56 Å². The number of hydrogen-bond acceptors (Lipinski definition) is 4. The molecule has 1 aromatic carbocycles. The fourth-order valence-electron chi connectivity index (χ4n) is 1.71. The first kappa shape index (κ1) is 14.4. The second-order valence-electron chi connectivity index (χ2n) is 4.42. The number of hydrogen-bond donors (Lipinski definition) is 1. The largest absolute Gasteiger partial charge is 0.273 e. The van der Waals surface area contributed by atoms with Crippen LogP contribution in [0.2, 0.25) is 0 Å². The van der Waals surface area contributed by atoms with Gasteiger partial charge in [0.15, 0.2) is 0 Å². The van der Waals surface area contributed by atoms with E-state index in [2.05, 4.69) is 34.6 Å². The summed E-state index contributed by atoms with van der Waals surface area (Å²) in [6, 6.07) is 8.08. The van der Waals surface area contributed by atoms with Gasteiger partial charge in [0.05, 0.1) is 23.3 Å². The average Bonchev–Trinajstić information content (AvgIpc) is 2.85. The van der Waals surface area contributed by atoms with E-state index in [1.807, 2.05) is 24.4 Å². The standard InChI is InChI=1S/C15H17N3OS/c1-3-12-4-6-13(7-5-12)9-16-18-15(19)8-14-10-20-11(2)17-14/h4-7,9-10H,3,8H2,1-2H3,(H,18,19). The fourth-order valence-corrected chi connectivity index (χ4v) is 2.32. The number of amides is 1. The van der Waals surface area contributed by atoms with Crippen LogP contribution in [0.5, 0.6) is 0 Å². The molecule has 5 heteroatoms. The smallest absolute Gasteiger partial charge is 0.246 e. The normalized spacial score (nSPS) is 10.9. The van der Waals surface area contributed by atoms with Gasteiger partial charge in [0.2, 0.25) is 5.91 Å². The highest BCUT2D eigenvalue weighted by Crippen LogP contribution is 2.08. The van der Waals surface area contributed by atoms with Gasteiger partial charge in [-0.3, -0.25) is 4.79 Å². The van der Waals surface area contributed by atoms with Crippen molar-refractivity contribution in [1.29, 1.82) is 0 Å². The zero-order chi connectivity index (χ0) is 14.4. The van der Waals surface area contributed by atoms with E-state index in [9.17, 15) is 4.79 Å². The van der Waals surface area contributed by atoms with Gasteiger partial charge in [-0.1, -0.05) is 31.2 Å². The van der Waals surface area contributed by atoms with Gasteiger partial charge in [0, 0.05) is 5.38 Å². The van der Waals surface area contributed by atoms with E-state index in [4.69, 9.17) is 0 Å². The number of benzene rings is 1. The number of rotatable bonds is 5. The quantitative estimate of drug-likeness (QED) is 0.679. The van der Waals surface area contributed by atoms with Crippen molar-refractivity contribution in [3.05, 3.63) is 51.5 Å². The maximum absolute atomic E-state index is 11.7. The number of aromatic nitrogens is 1. The molecule has 2 aromatic rings. The van der Waals surface area contributed by atoms with Gasteiger partial charge in [-0.05, 0) is 24.5 Å². The first-order valence-corrected chi connectivity index (χ1v) is 7.37. The van der Waals surface area contributed by atoms with Crippen molar-refractivity contribution in [2.24, 2.45) is 5.10 Å². The summed E-state index contributed by atoms with van der Waals surface area (Å²) in [5, 5.41) is 6.81. The predicted molar refractivity (Wildman–Crippen MR) is 82.1 cm³/mol. The van der Waals surface area contributed by atoms with Crippen molar-refractivity contribution in [2.75, 3.05) is 0 Å². The molecule has 0 unspecified atom stereocenters. The molecular formula is C15H17N3OS. The third-order valence-corrected chi connectivity index (χ3v) is 3.62. The molecule has 1 aromatic heterocycles. The lowest BCUT2D eigenvalue weighted by Crippen LogP contribution is -2.19. The van der Waals surface area contributed by atoms with E-state index in [0.717, 1.165) is 22.7 Å². The maximum atomic E-state index is 11.7. The monoisotopic (exact) mass is 287 g/mol. The van der Waals surface area contributed by atoms with Crippen LogP contribution in [0.15, 0.2) is 34.7 Å². The molecule has 0 spiro atoms. The molecule has 0 bridgehead atoms. The Bertz CT molecular complexity index is 602. The second kappa shape index (κ2) is 6.96. The van der Waals surface area contributed by atoms with Crippen molar-refractivity contribution >= 4 is 23.5 Å². The average molecular weight is 287 g/mol. The topological polar surface area (TPSA) is 54.4 Å². The molecule has 4 nitrogen and oxygen atoms in total. The van der Waals surface area contributed by atoms with Crippen molar-refractivity contribution in [3.63, 3.8) is 0 Å². The first-order chi connectivity index (χ1) is 9.67. The number of nitrogens with zero attached hydrogens (tertiary/aromatic N) is 2. The van der Waals surface area contributed by atoms with Gasteiger partial charge in [0.1, 0.15) is 0 Å². The highest BCUT2D eigenvalue weighted by Gasteiger charge is 2.04. The van der Waals surface area contributed by atoms with Crippen LogP contribution in [0.25, 0.3) is 0 Å². The van der Waals surface area contributed by atoms with Crippen LogP contribution in [-0.2, 0) is 17.6 Å². The number of thiazole rings is 1. The molecule has 0 aliphatic carbocycles. The molecule has 0 saturated carbocycles. The summed E-state index contributed by atoms with van der Waals surface area (Å²) in [6.07, 6.45) is 2.92. The molecule has 104 valence electrons. The summed E-state index contributed by atoms with van der Waals surface area (Å²) in [4.78, 5) is 15.9. The van der Waals surface area contributed by atoms with Crippen molar-refractivity contribution < 1.29 is 4.79 Å². The van der Waals surface area contributed by atoms with Crippen LogP contribution in [0.3, 0.4) is 0 Å². The SMILES string of the molecule is CCc1ccc(C=NNC(=O)Cc2csc(C)n2)cc1. The molecule has 20 heavy (non-hydrogen) atoms. The molecule has 1 amide bonds. The molecule has 2 rings (SSSR count). The summed E-state index contributed by atoms with van der Waals surface area (Å²) >= 11 is 1.54. The van der Waals surface area contributed by atoms with Crippen molar-refractivity contribution in [3.8, 4) is 0 Å². The van der Waals surface area contributed by atoms with Crippen LogP contribution in [0.1, 0.15) is 28.8 Å². The lowest BCUT2D eigenvalue weighted by molar-refractivity contribution is -0.120. The van der Waals surface area contributed by atoms with Gasteiger partial charge in [-0.25, -0.2) is 10.4 Å². The van der Waals surface area contributed by atoms with Gasteiger partial charge in [-0.15, -0.1) is 11.3 Å². The number of hydrazone groups is 1. The van der Waals surface area contributed by atoms with Crippen LogP contribution < -0.4 is 5.43 Å². The first-order valence-electron chi connectivity index (χ1n) is 6.49. The lowest BCUT2D eigenvalue weighted by atomic mass is 10.1. The summed E-state index contributed by atoms with van der Waals surface area (Å²) in [6.45, 7) is 4.04.